The van der Waals surface area contributed by atoms with Gasteiger partial charge in [0.2, 0.25) is 15.9 Å². The van der Waals surface area contributed by atoms with Gasteiger partial charge in [0.05, 0.1) is 23.0 Å². The van der Waals surface area contributed by atoms with Crippen LogP contribution in [0.4, 0.5) is 0 Å². The van der Waals surface area contributed by atoms with Gasteiger partial charge in [-0.3, -0.25) is 9.48 Å². The third-order valence-electron chi connectivity index (χ3n) is 6.48. The lowest BCUT2D eigenvalue weighted by Crippen LogP contribution is -2.45. The van der Waals surface area contributed by atoms with Crippen molar-refractivity contribution in [1.29, 1.82) is 0 Å². The number of carbonyl (C=O) groups excluding carboxylic acids is 1. The van der Waals surface area contributed by atoms with E-state index in [0.717, 1.165) is 22.6 Å². The highest BCUT2D eigenvalue weighted by Gasteiger charge is 2.35. The van der Waals surface area contributed by atoms with Crippen molar-refractivity contribution in [3.8, 4) is 5.69 Å². The van der Waals surface area contributed by atoms with Crippen LogP contribution in [0.1, 0.15) is 42.4 Å². The number of amides is 1. The van der Waals surface area contributed by atoms with Crippen molar-refractivity contribution in [1.82, 2.24) is 29.2 Å². The van der Waals surface area contributed by atoms with Gasteiger partial charge in [-0.15, -0.1) is 0 Å². The van der Waals surface area contributed by atoms with E-state index >= 15 is 0 Å². The fourth-order valence-electron chi connectivity index (χ4n) is 4.50. The lowest BCUT2D eigenvalue weighted by atomic mass is 9.98. The Balaban J connectivity index is 1.44. The molecule has 1 N–H and O–H groups in total. The Bertz CT molecular complexity index is 1280. The highest BCUT2D eigenvalue weighted by Crippen LogP contribution is 2.26. The summed E-state index contributed by atoms with van der Waals surface area (Å²) in [6.07, 6.45) is 2.87. The van der Waals surface area contributed by atoms with Gasteiger partial charge in [0.1, 0.15) is 4.90 Å². The normalized spacial score (nSPS) is 17.1. The first kappa shape index (κ1) is 24.2. The van der Waals surface area contributed by atoms with Gasteiger partial charge in [-0.1, -0.05) is 18.2 Å². The summed E-state index contributed by atoms with van der Waals surface area (Å²) in [6.45, 7) is 9.07. The van der Waals surface area contributed by atoms with Crippen LogP contribution in [-0.4, -0.2) is 51.3 Å². The van der Waals surface area contributed by atoms with E-state index in [-0.39, 0.29) is 17.3 Å². The summed E-state index contributed by atoms with van der Waals surface area (Å²) in [5.41, 5.74) is 4.25. The highest BCUT2D eigenvalue weighted by atomic mass is 32.2. The van der Waals surface area contributed by atoms with Crippen LogP contribution in [0, 0.1) is 26.7 Å². The van der Waals surface area contributed by atoms with Crippen LogP contribution in [0.3, 0.4) is 0 Å². The van der Waals surface area contributed by atoms with E-state index in [1.165, 1.54) is 4.31 Å². The molecule has 1 saturated heterocycles. The number of nitrogens with zero attached hydrogens (tertiary/aromatic N) is 5. The summed E-state index contributed by atoms with van der Waals surface area (Å²) in [5.74, 6) is -0.526. The largest absolute Gasteiger partial charge is 0.352 e. The zero-order chi connectivity index (χ0) is 24.5. The molecule has 4 rings (SSSR count). The smallest absolute Gasteiger partial charge is 0.246 e. The molecular weight excluding hydrogens is 452 g/mol. The standard InChI is InChI=1S/C24H32N6O3S/c1-5-28-16-23(18(3)26-28)34(32,33)29-13-9-10-20(15-29)24(31)25-14-22-17(2)27-30(19(22)4)21-11-7-6-8-12-21/h6-8,11-12,16,20H,5,9-10,13-15H2,1-4H3,(H,25,31)/t20-/m1/s1. The molecule has 34 heavy (non-hydrogen) atoms. The molecule has 1 aliphatic heterocycles. The fourth-order valence-corrected chi connectivity index (χ4v) is 6.19. The van der Waals surface area contributed by atoms with Crippen molar-refractivity contribution in [2.75, 3.05) is 13.1 Å². The summed E-state index contributed by atoms with van der Waals surface area (Å²) in [6, 6.07) is 9.87. The lowest BCUT2D eigenvalue weighted by Gasteiger charge is -2.31. The van der Waals surface area contributed by atoms with E-state index in [4.69, 9.17) is 0 Å². The number of rotatable bonds is 7. The molecule has 0 aliphatic carbocycles. The fraction of sp³-hybridized carbons (Fsp3) is 0.458. The van der Waals surface area contributed by atoms with Gasteiger partial charge in [-0.25, -0.2) is 13.1 Å². The van der Waals surface area contributed by atoms with Gasteiger partial charge in [0, 0.05) is 43.6 Å². The second-order valence-corrected chi connectivity index (χ2v) is 10.7. The van der Waals surface area contributed by atoms with Crippen LogP contribution in [0.2, 0.25) is 0 Å². The molecule has 3 aromatic rings. The first-order valence-corrected chi connectivity index (χ1v) is 13.1. The molecule has 1 atom stereocenters. The summed E-state index contributed by atoms with van der Waals surface area (Å²) in [4.78, 5) is 13.2. The SMILES string of the molecule is CCn1cc(S(=O)(=O)N2CCC[C@@H](C(=O)NCc3c(C)nn(-c4ccccc4)c3C)C2)c(C)n1. The van der Waals surface area contributed by atoms with Crippen LogP contribution in [0.5, 0.6) is 0 Å². The van der Waals surface area contributed by atoms with Gasteiger partial charge < -0.3 is 5.32 Å². The predicted molar refractivity (Wildman–Crippen MR) is 129 cm³/mol. The van der Waals surface area contributed by atoms with Crippen LogP contribution < -0.4 is 5.32 Å². The summed E-state index contributed by atoms with van der Waals surface area (Å²) in [5, 5.41) is 11.9. The molecule has 2 aromatic heterocycles. The van der Waals surface area contributed by atoms with Gasteiger partial charge in [-0.2, -0.15) is 14.5 Å². The molecular formula is C24H32N6O3S. The van der Waals surface area contributed by atoms with Crippen molar-refractivity contribution < 1.29 is 13.2 Å². The van der Waals surface area contributed by atoms with Gasteiger partial charge in [0.15, 0.2) is 0 Å². The van der Waals surface area contributed by atoms with Crippen molar-refractivity contribution in [3.63, 3.8) is 0 Å². The van der Waals surface area contributed by atoms with Gasteiger partial charge >= 0.3 is 0 Å². The molecule has 3 heterocycles. The Labute approximate surface area is 200 Å². The average Bonchev–Trinajstić information content (AvgIpc) is 3.37. The van der Waals surface area contributed by atoms with E-state index in [2.05, 4.69) is 15.5 Å². The van der Waals surface area contributed by atoms with E-state index in [1.54, 1.807) is 17.8 Å². The Kier molecular flexibility index (Phi) is 6.90. The van der Waals surface area contributed by atoms with E-state index in [1.807, 2.05) is 55.8 Å². The van der Waals surface area contributed by atoms with Gasteiger partial charge in [-0.05, 0) is 52.7 Å². The monoisotopic (exact) mass is 484 g/mol. The Morgan fingerprint density at radius 2 is 1.85 bits per heavy atom. The number of carbonyl (C=O) groups is 1. The Hall–Kier alpha value is -2.98. The third kappa shape index (κ3) is 4.65. The van der Waals surface area contributed by atoms with Crippen molar-refractivity contribution in [2.24, 2.45) is 5.92 Å². The van der Waals surface area contributed by atoms with Crippen molar-refractivity contribution >= 4 is 15.9 Å². The minimum atomic E-state index is -3.70. The molecule has 0 bridgehead atoms. The summed E-state index contributed by atoms with van der Waals surface area (Å²) >= 11 is 0. The zero-order valence-electron chi connectivity index (χ0n) is 20.2. The van der Waals surface area contributed by atoms with Crippen molar-refractivity contribution in [2.45, 2.75) is 58.5 Å². The number of nitrogens with one attached hydrogen (secondary N) is 1. The Morgan fingerprint density at radius 1 is 1.12 bits per heavy atom. The van der Waals surface area contributed by atoms with Crippen LogP contribution in [0.25, 0.3) is 5.69 Å². The lowest BCUT2D eigenvalue weighted by molar-refractivity contribution is -0.126. The number of benzene rings is 1. The first-order valence-electron chi connectivity index (χ1n) is 11.6. The molecule has 10 heteroatoms. The predicted octanol–water partition coefficient (Wildman–Crippen LogP) is 2.73. The first-order chi connectivity index (χ1) is 16.2. The molecule has 182 valence electrons. The number of sulfonamides is 1. The van der Waals surface area contributed by atoms with E-state index in [0.29, 0.717) is 38.2 Å². The number of hydrogen-bond acceptors (Lipinski definition) is 5. The summed E-state index contributed by atoms with van der Waals surface area (Å²) in [7, 11) is -3.70. The Morgan fingerprint density at radius 3 is 2.53 bits per heavy atom. The molecule has 1 aliphatic rings. The molecule has 1 aromatic carbocycles. The van der Waals surface area contributed by atoms with Crippen LogP contribution in [-0.2, 0) is 27.9 Å². The third-order valence-corrected chi connectivity index (χ3v) is 8.45. The molecule has 1 amide bonds. The minimum Gasteiger partial charge on any atom is -0.352 e. The molecule has 0 radical (unpaired) electrons. The second-order valence-electron chi connectivity index (χ2n) is 8.75. The maximum absolute atomic E-state index is 13.2. The molecule has 0 spiro atoms. The zero-order valence-corrected chi connectivity index (χ0v) is 21.0. The summed E-state index contributed by atoms with van der Waals surface area (Å²) < 4.78 is 31.4. The second kappa shape index (κ2) is 9.71. The maximum atomic E-state index is 13.2. The minimum absolute atomic E-state index is 0.132. The number of hydrogen-bond donors (Lipinski definition) is 1. The quantitative estimate of drug-likeness (QED) is 0.556. The number of para-hydroxylation sites is 1. The number of aromatic nitrogens is 4. The van der Waals surface area contributed by atoms with E-state index in [9.17, 15) is 13.2 Å². The van der Waals surface area contributed by atoms with Crippen LogP contribution in [0.15, 0.2) is 41.4 Å². The number of aryl methyl sites for hydroxylation is 3. The molecule has 1 fully saturated rings. The number of piperidine rings is 1. The average molecular weight is 485 g/mol. The van der Waals surface area contributed by atoms with E-state index < -0.39 is 15.9 Å². The topological polar surface area (TPSA) is 102 Å². The molecule has 9 nitrogen and oxygen atoms in total. The molecule has 0 unspecified atom stereocenters. The highest BCUT2D eigenvalue weighted by molar-refractivity contribution is 7.89. The molecule has 0 saturated carbocycles. The maximum Gasteiger partial charge on any atom is 0.246 e. The van der Waals surface area contributed by atoms with Crippen LogP contribution >= 0.6 is 0 Å². The van der Waals surface area contributed by atoms with Gasteiger partial charge in [0.25, 0.3) is 0 Å². The van der Waals surface area contributed by atoms with Crippen molar-refractivity contribution in [3.05, 3.63) is 59.2 Å².